The van der Waals surface area contributed by atoms with Crippen LogP contribution in [0.5, 0.6) is 0 Å². The summed E-state index contributed by atoms with van der Waals surface area (Å²) >= 11 is 1.48. The van der Waals surface area contributed by atoms with E-state index >= 15 is 0 Å². The first kappa shape index (κ1) is 7.50. The summed E-state index contributed by atoms with van der Waals surface area (Å²) < 4.78 is 0. The Morgan fingerprint density at radius 2 is 2.50 bits per heavy atom. The predicted octanol–water partition coefficient (Wildman–Crippen LogP) is 0.650. The van der Waals surface area contributed by atoms with Crippen LogP contribution in [0.3, 0.4) is 0 Å². The van der Waals surface area contributed by atoms with Crippen molar-refractivity contribution in [3.8, 4) is 0 Å². The zero-order chi connectivity index (χ0) is 7.40. The molecule has 1 heterocycles. The van der Waals surface area contributed by atoms with Crippen LogP contribution in [0.15, 0.2) is 6.20 Å². The van der Waals surface area contributed by atoms with E-state index in [-0.39, 0.29) is 6.61 Å². The fourth-order valence-electron chi connectivity index (χ4n) is 0.692. The third-order valence-corrected chi connectivity index (χ3v) is 2.04. The summed E-state index contributed by atoms with van der Waals surface area (Å²) in [6, 6.07) is 0. The molecule has 0 aliphatic heterocycles. The van der Waals surface area contributed by atoms with Crippen molar-refractivity contribution in [2.24, 2.45) is 0 Å². The van der Waals surface area contributed by atoms with Crippen LogP contribution in [0.25, 0.3) is 0 Å². The minimum Gasteiger partial charge on any atom is -0.396 e. The second-order valence-electron chi connectivity index (χ2n) is 1.99. The van der Waals surface area contributed by atoms with Crippen LogP contribution in [0.2, 0.25) is 0 Å². The molecular formula is C6H10N2OS. The summed E-state index contributed by atoms with van der Waals surface area (Å²) in [4.78, 5) is 5.03. The van der Waals surface area contributed by atoms with Crippen molar-refractivity contribution >= 4 is 16.5 Å². The molecule has 0 saturated carbocycles. The molecule has 1 aromatic heterocycles. The first-order valence-electron chi connectivity index (χ1n) is 3.14. The summed E-state index contributed by atoms with van der Waals surface area (Å²) in [6.07, 6.45) is 3.43. The van der Waals surface area contributed by atoms with Gasteiger partial charge < -0.3 is 10.8 Å². The van der Waals surface area contributed by atoms with Gasteiger partial charge in [0.2, 0.25) is 0 Å². The van der Waals surface area contributed by atoms with Crippen LogP contribution in [-0.2, 0) is 6.42 Å². The minimum absolute atomic E-state index is 0.234. The number of thiazole rings is 1. The lowest BCUT2D eigenvalue weighted by Crippen LogP contribution is -1.84. The van der Waals surface area contributed by atoms with Gasteiger partial charge in [-0.15, -0.1) is 11.3 Å². The number of aryl methyl sites for hydroxylation is 1. The minimum atomic E-state index is 0.234. The number of hydrogen-bond donors (Lipinski definition) is 2. The maximum atomic E-state index is 8.49. The highest BCUT2D eigenvalue weighted by Gasteiger charge is 1.96. The number of aliphatic hydroxyl groups is 1. The highest BCUT2D eigenvalue weighted by Crippen LogP contribution is 2.15. The second-order valence-corrected chi connectivity index (χ2v) is 3.14. The average molecular weight is 158 g/mol. The van der Waals surface area contributed by atoms with E-state index in [1.165, 1.54) is 11.3 Å². The van der Waals surface area contributed by atoms with E-state index < -0.39 is 0 Å². The summed E-state index contributed by atoms with van der Waals surface area (Å²) in [5, 5.41) is 9.09. The quantitative estimate of drug-likeness (QED) is 0.679. The fraction of sp³-hybridized carbons (Fsp3) is 0.500. The van der Waals surface area contributed by atoms with Crippen LogP contribution < -0.4 is 5.73 Å². The molecule has 0 bridgehead atoms. The number of aliphatic hydroxyl groups excluding tert-OH is 1. The van der Waals surface area contributed by atoms with Crippen molar-refractivity contribution in [2.45, 2.75) is 12.8 Å². The third-order valence-electron chi connectivity index (χ3n) is 1.15. The highest BCUT2D eigenvalue weighted by atomic mass is 32.1. The Balaban J connectivity index is 2.42. The zero-order valence-electron chi connectivity index (χ0n) is 5.58. The first-order chi connectivity index (χ1) is 4.83. The topological polar surface area (TPSA) is 59.1 Å². The molecule has 1 rings (SSSR count). The van der Waals surface area contributed by atoms with Crippen molar-refractivity contribution in [3.63, 3.8) is 0 Å². The maximum Gasteiger partial charge on any atom is 0.180 e. The largest absolute Gasteiger partial charge is 0.396 e. The molecule has 0 aromatic carbocycles. The van der Waals surface area contributed by atoms with Gasteiger partial charge in [-0.3, -0.25) is 0 Å². The number of aromatic nitrogens is 1. The summed E-state index contributed by atoms with van der Waals surface area (Å²) in [5.74, 6) is 0. The van der Waals surface area contributed by atoms with Crippen LogP contribution >= 0.6 is 11.3 Å². The predicted molar refractivity (Wildman–Crippen MR) is 41.9 cm³/mol. The number of nitrogens with zero attached hydrogens (tertiary/aromatic N) is 1. The summed E-state index contributed by atoms with van der Waals surface area (Å²) in [5.41, 5.74) is 5.40. The maximum absolute atomic E-state index is 8.49. The molecule has 0 spiro atoms. The molecule has 0 radical (unpaired) electrons. The van der Waals surface area contributed by atoms with Crippen LogP contribution in [0.1, 0.15) is 11.3 Å². The summed E-state index contributed by atoms with van der Waals surface area (Å²) in [7, 11) is 0. The van der Waals surface area contributed by atoms with E-state index in [1.54, 1.807) is 6.20 Å². The molecule has 3 nitrogen and oxygen atoms in total. The van der Waals surface area contributed by atoms with Crippen LogP contribution in [0.4, 0.5) is 5.13 Å². The molecule has 0 fully saturated rings. The number of rotatable bonds is 3. The Morgan fingerprint density at radius 1 is 1.70 bits per heavy atom. The molecule has 10 heavy (non-hydrogen) atoms. The molecule has 0 aliphatic carbocycles. The Labute approximate surface area is 63.5 Å². The van der Waals surface area contributed by atoms with Gasteiger partial charge in [-0.2, -0.15) is 0 Å². The van der Waals surface area contributed by atoms with Crippen LogP contribution in [-0.4, -0.2) is 16.7 Å². The van der Waals surface area contributed by atoms with Gasteiger partial charge in [-0.25, -0.2) is 4.98 Å². The lowest BCUT2D eigenvalue weighted by atomic mass is 10.3. The Morgan fingerprint density at radius 3 is 3.00 bits per heavy atom. The number of nitrogens with two attached hydrogens (primary N) is 1. The Hall–Kier alpha value is -0.610. The molecule has 3 N–H and O–H groups in total. The van der Waals surface area contributed by atoms with Gasteiger partial charge in [0.25, 0.3) is 0 Å². The van der Waals surface area contributed by atoms with Crippen molar-refractivity contribution in [2.75, 3.05) is 12.3 Å². The molecule has 0 aliphatic rings. The molecule has 4 heteroatoms. The molecule has 0 unspecified atom stereocenters. The van der Waals surface area contributed by atoms with Crippen LogP contribution in [0, 0.1) is 0 Å². The SMILES string of the molecule is Nc1ncc(CCCO)s1. The average Bonchev–Trinajstić information content (AvgIpc) is 2.31. The van der Waals surface area contributed by atoms with E-state index in [0.717, 1.165) is 17.7 Å². The molecular weight excluding hydrogens is 148 g/mol. The van der Waals surface area contributed by atoms with Crippen molar-refractivity contribution in [1.29, 1.82) is 0 Å². The van der Waals surface area contributed by atoms with Gasteiger partial charge in [0.15, 0.2) is 5.13 Å². The van der Waals surface area contributed by atoms with Gasteiger partial charge in [-0.1, -0.05) is 0 Å². The zero-order valence-corrected chi connectivity index (χ0v) is 6.40. The lowest BCUT2D eigenvalue weighted by molar-refractivity contribution is 0.289. The normalized spacial score (nSPS) is 10.1. The Bertz CT molecular complexity index is 199. The van der Waals surface area contributed by atoms with Gasteiger partial charge in [0.05, 0.1) is 0 Å². The lowest BCUT2D eigenvalue weighted by Gasteiger charge is -1.89. The smallest absolute Gasteiger partial charge is 0.180 e. The van der Waals surface area contributed by atoms with Gasteiger partial charge in [0.1, 0.15) is 0 Å². The first-order valence-corrected chi connectivity index (χ1v) is 3.95. The van der Waals surface area contributed by atoms with E-state index in [1.807, 2.05) is 0 Å². The molecule has 56 valence electrons. The molecule has 0 saturated heterocycles. The van der Waals surface area contributed by atoms with E-state index in [4.69, 9.17) is 10.8 Å². The van der Waals surface area contributed by atoms with E-state index in [9.17, 15) is 0 Å². The van der Waals surface area contributed by atoms with Crippen molar-refractivity contribution in [1.82, 2.24) is 4.98 Å². The fourth-order valence-corrected chi connectivity index (χ4v) is 1.42. The van der Waals surface area contributed by atoms with Gasteiger partial charge >= 0.3 is 0 Å². The van der Waals surface area contributed by atoms with Gasteiger partial charge in [0, 0.05) is 17.7 Å². The Kier molecular flexibility index (Phi) is 2.65. The summed E-state index contributed by atoms with van der Waals surface area (Å²) in [6.45, 7) is 0.234. The van der Waals surface area contributed by atoms with Crippen molar-refractivity contribution in [3.05, 3.63) is 11.1 Å². The van der Waals surface area contributed by atoms with E-state index in [0.29, 0.717) is 5.13 Å². The molecule has 0 amide bonds. The highest BCUT2D eigenvalue weighted by molar-refractivity contribution is 7.15. The number of nitrogen functional groups attached to an aromatic ring is 1. The monoisotopic (exact) mass is 158 g/mol. The van der Waals surface area contributed by atoms with E-state index in [2.05, 4.69) is 4.98 Å². The molecule has 0 atom stereocenters. The standard InChI is InChI=1S/C6H10N2OS/c7-6-8-4-5(10-6)2-1-3-9/h4,9H,1-3H2,(H2,7,8). The number of hydrogen-bond acceptors (Lipinski definition) is 4. The molecule has 1 aromatic rings. The second kappa shape index (κ2) is 3.53. The number of anilines is 1. The third kappa shape index (κ3) is 1.97. The van der Waals surface area contributed by atoms with Gasteiger partial charge in [-0.05, 0) is 12.8 Å². The van der Waals surface area contributed by atoms with Crippen molar-refractivity contribution < 1.29 is 5.11 Å².